The number of primary amides is 1. The number of alkyl carbamates (subject to hydrolysis) is 1. The number of anilines is 1. The van der Waals surface area contributed by atoms with Crippen molar-refractivity contribution in [2.75, 3.05) is 63.9 Å². The number of nitrogens with one attached hydrogen (secondary N) is 4. The summed E-state index contributed by atoms with van der Waals surface area (Å²) in [5.41, 5.74) is 6.07. The zero-order chi connectivity index (χ0) is 62.0. The van der Waals surface area contributed by atoms with Gasteiger partial charge in [0, 0.05) is 89.0 Å². The second-order valence-corrected chi connectivity index (χ2v) is 24.5. The average molecular weight is 1200 g/mol. The number of unbranched alkanes of at least 4 members (excludes halogenated alkanes) is 2. The second-order valence-electron chi connectivity index (χ2n) is 22.6. The molecule has 2 aliphatic heterocycles. The third-order valence-electron chi connectivity index (χ3n) is 14.4. The van der Waals surface area contributed by atoms with Crippen molar-refractivity contribution in [1.29, 1.82) is 0 Å². The Morgan fingerprint density at radius 3 is 2.13 bits per heavy atom. The number of carbonyl (C=O) groups is 8. The first-order chi connectivity index (χ1) is 40.3. The van der Waals surface area contributed by atoms with E-state index < -0.39 is 69.1 Å². The highest BCUT2D eigenvalue weighted by Crippen LogP contribution is 2.40. The molecule has 460 valence electrons. The van der Waals surface area contributed by atoms with Crippen LogP contribution in [0.3, 0.4) is 0 Å². The summed E-state index contributed by atoms with van der Waals surface area (Å²) in [6.45, 7) is 10.1. The highest BCUT2D eigenvalue weighted by molar-refractivity contribution is 7.88. The lowest BCUT2D eigenvalue weighted by Gasteiger charge is -2.43. The molecular weight excluding hydrogens is 1120 g/mol. The minimum Gasteiger partial charge on any atom is -0.445 e. The zero-order valence-electron chi connectivity index (χ0n) is 49.0. The van der Waals surface area contributed by atoms with Crippen LogP contribution in [0.2, 0.25) is 0 Å². The lowest BCUT2D eigenvalue weighted by molar-refractivity contribution is -0.137. The molecule has 0 saturated carbocycles. The summed E-state index contributed by atoms with van der Waals surface area (Å²) in [5, 5.41) is 15.6. The molecule has 0 bridgehead atoms. The standard InChI is InChI=1S/C59H78F2N12O11S/c1-39(2)51(66-48(75)18-11-8-12-29-71-49(76)25-26-50(71)77)47(74)35-42(17-13-27-63-56(62)79)55(78)65-44-22-19-41(20-23-44)38-84-57(80)64-28-14-30-72(58(81)69-31-33-70(34-32-69)85(6,82)83)52(59(3,4)5)54-67-53(45-36-43(60)21-24-46(45)61)68-73(54)37-40-15-9-7-10-16-40/h7,9-10,15-16,19-26,36,39,42,51-52H,8,11-14,17-18,27-35,37-38H2,1-6H3,(H,64,80)(H,65,78)(H,66,75)(H3,62,63,79)/t42-,51+,52+/m1/s1. The van der Waals surface area contributed by atoms with E-state index in [9.17, 15) is 51.2 Å². The molecule has 1 saturated heterocycles. The molecule has 6 N–H and O–H groups in total. The Balaban J connectivity index is 1.07. The maximum absolute atomic E-state index is 15.4. The molecule has 85 heavy (non-hydrogen) atoms. The van der Waals surface area contributed by atoms with Gasteiger partial charge in [0.25, 0.3) is 11.8 Å². The molecular formula is C59H78F2N12O11S. The number of halogens is 2. The number of ether oxygens (including phenoxy) is 1. The molecule has 4 aromatic rings. The van der Waals surface area contributed by atoms with Gasteiger partial charge in [-0.05, 0) is 84.9 Å². The number of sulfonamides is 1. The zero-order valence-corrected chi connectivity index (χ0v) is 49.8. The maximum Gasteiger partial charge on any atom is 0.407 e. The van der Waals surface area contributed by atoms with E-state index in [-0.39, 0.29) is 138 Å². The maximum atomic E-state index is 15.4. The number of rotatable bonds is 29. The fourth-order valence-corrected chi connectivity index (χ4v) is 10.8. The van der Waals surface area contributed by atoms with Gasteiger partial charge >= 0.3 is 18.2 Å². The first-order valence-electron chi connectivity index (χ1n) is 28.4. The van der Waals surface area contributed by atoms with Gasteiger partial charge in [-0.2, -0.15) is 9.40 Å². The third-order valence-corrected chi connectivity index (χ3v) is 15.7. The molecule has 1 fully saturated rings. The summed E-state index contributed by atoms with van der Waals surface area (Å²) in [5.74, 6) is -4.33. The van der Waals surface area contributed by atoms with Gasteiger partial charge in [-0.25, -0.2) is 41.2 Å². The Labute approximate surface area is 494 Å². The van der Waals surface area contributed by atoms with Crippen molar-refractivity contribution >= 4 is 63.3 Å². The molecule has 26 heteroatoms. The molecule has 0 unspecified atom stereocenters. The van der Waals surface area contributed by atoms with E-state index in [1.165, 1.54) is 16.5 Å². The van der Waals surface area contributed by atoms with E-state index in [1.807, 2.05) is 51.1 Å². The number of piperazine rings is 1. The quantitative estimate of drug-likeness (QED) is 0.0297. The van der Waals surface area contributed by atoms with Crippen LogP contribution in [0, 0.1) is 28.9 Å². The van der Waals surface area contributed by atoms with Crippen molar-refractivity contribution in [3.8, 4) is 11.4 Å². The summed E-state index contributed by atoms with van der Waals surface area (Å²) in [4.78, 5) is 113. The molecule has 23 nitrogen and oxygen atoms in total. The number of nitrogens with two attached hydrogens (primary N) is 1. The molecule has 0 aliphatic carbocycles. The third kappa shape index (κ3) is 19.7. The normalized spacial score (nSPS) is 14.9. The summed E-state index contributed by atoms with van der Waals surface area (Å²) in [6.07, 6.45) is 4.96. The van der Waals surface area contributed by atoms with E-state index in [0.29, 0.717) is 36.9 Å². The van der Waals surface area contributed by atoms with Gasteiger partial charge in [-0.1, -0.05) is 83.5 Å². The highest BCUT2D eigenvalue weighted by atomic mass is 32.2. The van der Waals surface area contributed by atoms with E-state index in [4.69, 9.17) is 15.5 Å². The lowest BCUT2D eigenvalue weighted by Crippen LogP contribution is -2.56. The van der Waals surface area contributed by atoms with Gasteiger partial charge in [-0.3, -0.25) is 28.9 Å². The van der Waals surface area contributed by atoms with Crippen LogP contribution >= 0.6 is 0 Å². The summed E-state index contributed by atoms with van der Waals surface area (Å²) < 4.78 is 63.2. The molecule has 0 spiro atoms. The van der Waals surface area contributed by atoms with E-state index >= 15 is 4.39 Å². The monoisotopic (exact) mass is 1200 g/mol. The molecule has 3 atom stereocenters. The number of benzene rings is 3. The van der Waals surface area contributed by atoms with Crippen LogP contribution in [0.25, 0.3) is 11.4 Å². The smallest absolute Gasteiger partial charge is 0.407 e. The number of aromatic nitrogens is 3. The van der Waals surface area contributed by atoms with Crippen molar-refractivity contribution in [2.24, 2.45) is 23.0 Å². The topological polar surface area (TPSA) is 298 Å². The molecule has 6 rings (SSSR count). The second kappa shape index (κ2) is 30.6. The van der Waals surface area contributed by atoms with Crippen LogP contribution in [0.1, 0.15) is 109 Å². The van der Waals surface area contributed by atoms with E-state index in [1.54, 1.807) is 52.6 Å². The number of imide groups is 1. The average Bonchev–Trinajstić information content (AvgIpc) is 2.12. The largest absolute Gasteiger partial charge is 0.445 e. The minimum absolute atomic E-state index is 0.0441. The predicted octanol–water partition coefficient (Wildman–Crippen LogP) is 6.26. The van der Waals surface area contributed by atoms with Crippen LogP contribution in [-0.2, 0) is 51.9 Å². The van der Waals surface area contributed by atoms with Gasteiger partial charge in [0.15, 0.2) is 17.4 Å². The number of Topliss-reactive ketones (excluding diaryl/α,β-unsaturated/α-hetero) is 1. The van der Waals surface area contributed by atoms with Crippen LogP contribution in [-0.4, -0.2) is 154 Å². The highest BCUT2D eigenvalue weighted by Gasteiger charge is 2.41. The minimum atomic E-state index is -3.53. The Kier molecular flexibility index (Phi) is 23.8. The Hall–Kier alpha value is -8.13. The van der Waals surface area contributed by atoms with Crippen molar-refractivity contribution in [3.63, 3.8) is 0 Å². The van der Waals surface area contributed by atoms with E-state index in [0.717, 1.165) is 34.9 Å². The summed E-state index contributed by atoms with van der Waals surface area (Å²) in [6, 6.07) is 15.9. The van der Waals surface area contributed by atoms with E-state index in [2.05, 4.69) is 26.4 Å². The fraction of sp³-hybridized carbons (Fsp3) is 0.492. The van der Waals surface area contributed by atoms with Crippen molar-refractivity contribution in [3.05, 3.63) is 114 Å². The van der Waals surface area contributed by atoms with Crippen molar-refractivity contribution < 1.29 is 60.3 Å². The lowest BCUT2D eigenvalue weighted by atomic mass is 9.84. The van der Waals surface area contributed by atoms with Crippen LogP contribution < -0.4 is 27.0 Å². The van der Waals surface area contributed by atoms with Gasteiger partial charge in [0.05, 0.1) is 30.4 Å². The number of carbonyl (C=O) groups excluding carboxylic acids is 8. The Morgan fingerprint density at radius 1 is 0.824 bits per heavy atom. The Bertz CT molecular complexity index is 3130. The van der Waals surface area contributed by atoms with Gasteiger partial charge in [0.2, 0.25) is 21.8 Å². The van der Waals surface area contributed by atoms with Crippen LogP contribution in [0.5, 0.6) is 0 Å². The van der Waals surface area contributed by atoms with Crippen LogP contribution in [0.15, 0.2) is 84.9 Å². The number of amides is 9. The number of nitrogens with zero attached hydrogens (tertiary/aromatic N) is 7. The van der Waals surface area contributed by atoms with Crippen molar-refractivity contribution in [1.82, 2.24) is 49.7 Å². The molecule has 1 aromatic heterocycles. The fourth-order valence-electron chi connectivity index (χ4n) is 10.0. The number of hydrogen-bond acceptors (Lipinski definition) is 13. The van der Waals surface area contributed by atoms with Crippen molar-refractivity contribution in [2.45, 2.75) is 111 Å². The molecule has 9 amide bonds. The number of ketones is 1. The first kappa shape index (κ1) is 66.0. The Morgan fingerprint density at radius 2 is 1.49 bits per heavy atom. The van der Waals surface area contributed by atoms with Crippen LogP contribution in [0.4, 0.5) is 28.9 Å². The molecule has 3 aromatic carbocycles. The first-order valence-corrected chi connectivity index (χ1v) is 30.3. The predicted molar refractivity (Wildman–Crippen MR) is 312 cm³/mol. The summed E-state index contributed by atoms with van der Waals surface area (Å²) in [7, 11) is -3.53. The summed E-state index contributed by atoms with van der Waals surface area (Å²) >= 11 is 0. The number of hydrogen-bond donors (Lipinski definition) is 5. The van der Waals surface area contributed by atoms with Gasteiger partial charge < -0.3 is 41.5 Å². The van der Waals surface area contributed by atoms with Gasteiger partial charge in [0.1, 0.15) is 18.2 Å². The van der Waals surface area contributed by atoms with Gasteiger partial charge in [-0.15, -0.1) is 0 Å². The molecule has 0 radical (unpaired) electrons. The SMILES string of the molecule is CC(C)[C@H](NC(=O)CCCCCN1C(=O)C=CC1=O)C(=O)C[C@@H](CCCNC(N)=O)C(=O)Nc1ccc(COC(=O)NCCCN(C(=O)N2CCN(S(C)(=O)=O)CC2)[C@@H](c2nc(-c3cc(F)ccc3F)nn2Cc2ccccc2)C(C)(C)C)cc1. The molecule has 2 aliphatic rings. The number of urea groups is 2. The molecule has 3 heterocycles.